The maximum Gasteiger partial charge on any atom is 0.329 e. The van der Waals surface area contributed by atoms with Gasteiger partial charge < -0.3 is 0 Å². The predicted molar refractivity (Wildman–Crippen MR) is 102 cm³/mol. The number of hydrogen-bond acceptors (Lipinski definition) is 3. The van der Waals surface area contributed by atoms with Crippen LogP contribution in [0.15, 0.2) is 53.0 Å². The van der Waals surface area contributed by atoms with Crippen LogP contribution in [-0.4, -0.2) is 38.0 Å². The highest BCUT2D eigenvalue weighted by Crippen LogP contribution is 2.38. The van der Waals surface area contributed by atoms with Crippen molar-refractivity contribution in [1.29, 1.82) is 0 Å². The molecule has 2 heterocycles. The summed E-state index contributed by atoms with van der Waals surface area (Å²) in [7, 11) is -3.21. The minimum atomic E-state index is -3.21. The molecule has 2 aromatic rings. The molecule has 0 aromatic heterocycles. The monoisotopic (exact) mass is 440 g/mol. The van der Waals surface area contributed by atoms with Crippen molar-refractivity contribution in [2.24, 2.45) is 0 Å². The zero-order valence-corrected chi connectivity index (χ0v) is 16.1. The average Bonchev–Trinajstić information content (AvgIpc) is 2.97. The normalized spacial score (nSPS) is 24.6. The molecule has 0 radical (unpaired) electrons. The van der Waals surface area contributed by atoms with E-state index in [1.54, 1.807) is 34.1 Å². The van der Waals surface area contributed by atoms with E-state index in [1.165, 1.54) is 0 Å². The Bertz CT molecular complexity index is 949. The number of urea groups is 1. The topological polar surface area (TPSA) is 57.7 Å². The summed E-state index contributed by atoms with van der Waals surface area (Å²) in [5.74, 6) is -0.0700. The number of hydrogen-bond donors (Lipinski definition) is 0. The minimum Gasteiger partial charge on any atom is -0.288 e. The molecule has 2 aromatic carbocycles. The lowest BCUT2D eigenvalue weighted by Gasteiger charge is -2.22. The van der Waals surface area contributed by atoms with Crippen LogP contribution in [0.3, 0.4) is 0 Å². The Morgan fingerprint density at radius 1 is 0.960 bits per heavy atom. The summed E-state index contributed by atoms with van der Waals surface area (Å²) in [4.78, 5) is 16.3. The van der Waals surface area contributed by atoms with Gasteiger partial charge in [-0.1, -0.05) is 33.6 Å². The molecule has 25 heavy (non-hydrogen) atoms. The van der Waals surface area contributed by atoms with Gasteiger partial charge in [-0.15, -0.1) is 0 Å². The molecule has 0 saturated carbocycles. The number of halogens is 2. The van der Waals surface area contributed by atoms with Crippen molar-refractivity contribution in [3.63, 3.8) is 0 Å². The molecule has 0 aliphatic carbocycles. The maximum absolute atomic E-state index is 13.1. The van der Waals surface area contributed by atoms with Gasteiger partial charge in [0.1, 0.15) is 0 Å². The van der Waals surface area contributed by atoms with E-state index in [0.29, 0.717) is 16.4 Å². The van der Waals surface area contributed by atoms with Crippen molar-refractivity contribution in [2.75, 3.05) is 21.3 Å². The van der Waals surface area contributed by atoms with Crippen LogP contribution in [0.1, 0.15) is 0 Å². The lowest BCUT2D eigenvalue weighted by molar-refractivity contribution is 0.255. The molecule has 0 spiro atoms. The van der Waals surface area contributed by atoms with Crippen molar-refractivity contribution in [2.45, 2.75) is 12.1 Å². The van der Waals surface area contributed by atoms with Crippen LogP contribution in [0.2, 0.25) is 5.02 Å². The Balaban J connectivity index is 1.81. The van der Waals surface area contributed by atoms with E-state index in [2.05, 4.69) is 15.9 Å². The van der Waals surface area contributed by atoms with Gasteiger partial charge in [-0.3, -0.25) is 9.80 Å². The minimum absolute atomic E-state index is 0.0312. The van der Waals surface area contributed by atoms with Gasteiger partial charge in [0.2, 0.25) is 0 Å². The SMILES string of the molecule is O=C1N(c2cccc(Cl)c2)[C@@H]2CS(=O)(=O)C[C@@H]2N1c1ccc(Br)cc1. The summed E-state index contributed by atoms with van der Waals surface area (Å²) >= 11 is 9.44. The fraction of sp³-hybridized carbons (Fsp3) is 0.235. The summed E-state index contributed by atoms with van der Waals surface area (Å²) in [5, 5.41) is 0.504. The molecule has 5 nitrogen and oxygen atoms in total. The van der Waals surface area contributed by atoms with Gasteiger partial charge >= 0.3 is 6.03 Å². The van der Waals surface area contributed by atoms with Gasteiger partial charge in [0, 0.05) is 20.9 Å². The molecule has 8 heteroatoms. The number of amides is 2. The molecule has 2 fully saturated rings. The second-order valence-electron chi connectivity index (χ2n) is 6.19. The second-order valence-corrected chi connectivity index (χ2v) is 9.70. The summed E-state index contributed by atoms with van der Waals surface area (Å²) in [6.07, 6.45) is 0. The van der Waals surface area contributed by atoms with Crippen molar-refractivity contribution in [3.8, 4) is 0 Å². The van der Waals surface area contributed by atoms with E-state index in [0.717, 1.165) is 4.47 Å². The molecule has 2 atom stereocenters. The standard InChI is InChI=1S/C17H14BrClN2O3S/c18-11-4-6-13(7-5-11)20-15-9-25(23,24)10-16(15)21(17(20)22)14-3-1-2-12(19)8-14/h1-8,15-16H,9-10H2/t15-,16+/m0/s1. The molecule has 0 unspecified atom stereocenters. The number of fused-ring (bicyclic) bond motifs is 1. The fourth-order valence-corrected chi connectivity index (χ4v) is 5.90. The lowest BCUT2D eigenvalue weighted by atomic mass is 10.1. The third-order valence-electron chi connectivity index (χ3n) is 4.56. The van der Waals surface area contributed by atoms with Gasteiger partial charge in [0.05, 0.1) is 23.6 Å². The lowest BCUT2D eigenvalue weighted by Crippen LogP contribution is -2.37. The molecule has 2 aliphatic heterocycles. The van der Waals surface area contributed by atoms with Crippen LogP contribution in [0.4, 0.5) is 16.2 Å². The number of rotatable bonds is 2. The van der Waals surface area contributed by atoms with Gasteiger partial charge in [-0.05, 0) is 42.5 Å². The highest BCUT2D eigenvalue weighted by atomic mass is 79.9. The third kappa shape index (κ3) is 2.94. The van der Waals surface area contributed by atoms with Crippen molar-refractivity contribution >= 4 is 54.8 Å². The smallest absolute Gasteiger partial charge is 0.288 e. The second kappa shape index (κ2) is 6.00. The first-order valence-electron chi connectivity index (χ1n) is 7.70. The van der Waals surface area contributed by atoms with Crippen LogP contribution in [0, 0.1) is 0 Å². The first kappa shape index (κ1) is 16.9. The van der Waals surface area contributed by atoms with Gasteiger partial charge in [0.25, 0.3) is 0 Å². The van der Waals surface area contributed by atoms with E-state index < -0.39 is 21.9 Å². The van der Waals surface area contributed by atoms with Crippen molar-refractivity contribution in [1.82, 2.24) is 0 Å². The number of anilines is 2. The Morgan fingerprint density at radius 2 is 1.56 bits per heavy atom. The van der Waals surface area contributed by atoms with Gasteiger partial charge in [-0.25, -0.2) is 13.2 Å². The molecule has 130 valence electrons. The van der Waals surface area contributed by atoms with E-state index >= 15 is 0 Å². The Morgan fingerprint density at radius 3 is 2.16 bits per heavy atom. The van der Waals surface area contributed by atoms with Gasteiger partial charge in [-0.2, -0.15) is 0 Å². The summed E-state index contributed by atoms with van der Waals surface area (Å²) < 4.78 is 25.3. The fourth-order valence-electron chi connectivity index (χ4n) is 3.54. The quantitative estimate of drug-likeness (QED) is 0.668. The summed E-state index contributed by atoms with van der Waals surface area (Å²) in [6, 6.07) is 13.2. The molecular weight excluding hydrogens is 428 g/mol. The van der Waals surface area contributed by atoms with Crippen LogP contribution in [-0.2, 0) is 9.84 Å². The number of carbonyl (C=O) groups excluding carboxylic acids is 1. The first-order chi connectivity index (χ1) is 11.9. The van der Waals surface area contributed by atoms with Crippen molar-refractivity contribution in [3.05, 3.63) is 58.0 Å². The number of carbonyl (C=O) groups is 1. The zero-order chi connectivity index (χ0) is 17.8. The molecule has 2 saturated heterocycles. The van der Waals surface area contributed by atoms with E-state index in [1.807, 2.05) is 24.3 Å². The van der Waals surface area contributed by atoms with Crippen molar-refractivity contribution < 1.29 is 13.2 Å². The van der Waals surface area contributed by atoms with E-state index in [9.17, 15) is 13.2 Å². The summed E-state index contributed by atoms with van der Waals surface area (Å²) in [5.41, 5.74) is 1.30. The highest BCUT2D eigenvalue weighted by Gasteiger charge is 2.54. The Hall–Kier alpha value is -1.57. The zero-order valence-electron chi connectivity index (χ0n) is 13.0. The van der Waals surface area contributed by atoms with E-state index in [4.69, 9.17) is 11.6 Å². The van der Waals surface area contributed by atoms with Crippen LogP contribution in [0.5, 0.6) is 0 Å². The predicted octanol–water partition coefficient (Wildman–Crippen LogP) is 3.71. The summed E-state index contributed by atoms with van der Waals surface area (Å²) in [6.45, 7) is 0. The number of nitrogens with zero attached hydrogens (tertiary/aromatic N) is 2. The average molecular weight is 442 g/mol. The van der Waals surface area contributed by atoms with Crippen LogP contribution < -0.4 is 9.80 Å². The number of benzene rings is 2. The maximum atomic E-state index is 13.1. The molecule has 2 aliphatic rings. The third-order valence-corrected chi connectivity index (χ3v) is 7.02. The molecule has 0 bridgehead atoms. The van der Waals surface area contributed by atoms with Crippen LogP contribution >= 0.6 is 27.5 Å². The van der Waals surface area contributed by atoms with Crippen LogP contribution in [0.25, 0.3) is 0 Å². The number of sulfone groups is 1. The molecule has 4 rings (SSSR count). The Kier molecular flexibility index (Phi) is 4.05. The Labute approximate surface area is 159 Å². The largest absolute Gasteiger partial charge is 0.329 e. The van der Waals surface area contributed by atoms with E-state index in [-0.39, 0.29) is 17.5 Å². The highest BCUT2D eigenvalue weighted by molar-refractivity contribution is 9.10. The molecular formula is C17H14BrClN2O3S. The van der Waals surface area contributed by atoms with Gasteiger partial charge in [0.15, 0.2) is 9.84 Å². The molecule has 0 N–H and O–H groups in total. The molecule has 2 amide bonds. The first-order valence-corrected chi connectivity index (χ1v) is 10.7.